The quantitative estimate of drug-likeness (QED) is 0.0742. The molecule has 0 aromatic carbocycles. The molecule has 2 saturated heterocycles. The highest BCUT2D eigenvalue weighted by atomic mass is 35.5. The first kappa shape index (κ1) is 68.3. The smallest absolute Gasteiger partial charge is 0.423 e. The molecule has 2 fully saturated rings. The average molecular weight is 1270 g/mol. The minimum atomic E-state index is -1.30. The van der Waals surface area contributed by atoms with Crippen LogP contribution in [0.4, 0.5) is 11.6 Å². The molecular weight excluding hydrogens is 1190 g/mol. The molecule has 10 rings (SSSR count). The van der Waals surface area contributed by atoms with Crippen LogP contribution in [0.15, 0.2) is 94.5 Å². The van der Waals surface area contributed by atoms with E-state index in [-0.39, 0.29) is 72.8 Å². The number of halogens is 3. The number of aryl methyl sites for hydroxylation is 4. The maximum atomic E-state index is 14.0. The third-order valence-electron chi connectivity index (χ3n) is 15.1. The van der Waals surface area contributed by atoms with Gasteiger partial charge in [0, 0.05) is 67.5 Å². The van der Waals surface area contributed by atoms with Crippen LogP contribution in [0.2, 0.25) is 15.2 Å². The number of pyridine rings is 4. The van der Waals surface area contributed by atoms with Crippen molar-refractivity contribution in [3.8, 4) is 21.9 Å². The van der Waals surface area contributed by atoms with Crippen LogP contribution in [-0.2, 0) is 9.59 Å². The van der Waals surface area contributed by atoms with Gasteiger partial charge < -0.3 is 29.6 Å². The van der Waals surface area contributed by atoms with Crippen molar-refractivity contribution in [2.75, 3.05) is 36.0 Å². The summed E-state index contributed by atoms with van der Waals surface area (Å²) in [6.07, 6.45) is 6.16. The third-order valence-corrected chi connectivity index (χ3v) is 18.1. The number of hydrogen-bond acceptors (Lipinski definition) is 16. The zero-order valence-electron chi connectivity index (χ0n) is 49.1. The van der Waals surface area contributed by atoms with Crippen LogP contribution in [0.1, 0.15) is 116 Å². The van der Waals surface area contributed by atoms with Gasteiger partial charge in [-0.25, -0.2) is 28.7 Å². The van der Waals surface area contributed by atoms with Gasteiger partial charge in [-0.2, -0.15) is 21.3 Å². The van der Waals surface area contributed by atoms with E-state index in [1.165, 1.54) is 28.1 Å². The Balaban J connectivity index is 0.000000236. The Morgan fingerprint density at radius 3 is 1.43 bits per heavy atom. The van der Waals surface area contributed by atoms with Crippen LogP contribution in [-0.4, -0.2) is 128 Å². The predicted molar refractivity (Wildman–Crippen MR) is 355 cm³/mol. The maximum absolute atomic E-state index is 14.0. The van der Waals surface area contributed by atoms with Crippen molar-refractivity contribution in [2.24, 2.45) is 0 Å². The van der Waals surface area contributed by atoms with Crippen LogP contribution in [0.3, 0.4) is 0 Å². The van der Waals surface area contributed by atoms with Gasteiger partial charge in [0.15, 0.2) is 11.3 Å². The van der Waals surface area contributed by atoms with Gasteiger partial charge in [-0.05, 0) is 149 Å². The Hall–Kier alpha value is -6.85. The fourth-order valence-electron chi connectivity index (χ4n) is 10.7. The molecule has 456 valence electrons. The maximum Gasteiger partial charge on any atom is 0.499 e. The van der Waals surface area contributed by atoms with Gasteiger partial charge >= 0.3 is 18.5 Å². The van der Waals surface area contributed by atoms with E-state index in [1.807, 2.05) is 115 Å². The van der Waals surface area contributed by atoms with Gasteiger partial charge in [-0.1, -0.05) is 90.5 Å². The summed E-state index contributed by atoms with van der Waals surface area (Å²) >= 11 is 22.6. The fourth-order valence-corrected chi connectivity index (χ4v) is 13.0. The highest BCUT2D eigenvalue weighted by molar-refractivity contribution is 7.20. The summed E-state index contributed by atoms with van der Waals surface area (Å²) in [6.45, 7) is 33.0. The summed E-state index contributed by atoms with van der Waals surface area (Å²) in [5.41, 5.74) is 7.20. The molecule has 8 aromatic rings. The number of carbonyl (C=O) groups excluding carboxylic acids is 2. The number of aromatic nitrogens is 8. The molecule has 2 aliphatic heterocycles. The van der Waals surface area contributed by atoms with Crippen LogP contribution in [0.25, 0.3) is 44.0 Å². The molecule has 4 atom stereocenters. The molecule has 0 saturated carbocycles. The molecule has 10 heterocycles. The van der Waals surface area contributed by atoms with Crippen molar-refractivity contribution in [1.29, 1.82) is 0 Å². The topological polar surface area (TPSA) is 209 Å². The van der Waals surface area contributed by atoms with Crippen molar-refractivity contribution in [2.45, 2.75) is 134 Å². The molecule has 8 aromatic heterocycles. The summed E-state index contributed by atoms with van der Waals surface area (Å²) in [6, 6.07) is 10.8. The molecule has 24 heteroatoms. The summed E-state index contributed by atoms with van der Waals surface area (Å²) in [5.74, 6) is 0.871. The second kappa shape index (κ2) is 28.3. The number of carbonyl (C=O) groups is 2. The Labute approximate surface area is 526 Å². The largest absolute Gasteiger partial charge is 0.499 e. The van der Waals surface area contributed by atoms with E-state index in [1.54, 1.807) is 44.2 Å². The lowest BCUT2D eigenvalue weighted by Crippen LogP contribution is -2.58. The van der Waals surface area contributed by atoms with Crippen LogP contribution in [0.5, 0.6) is 0 Å². The molecule has 86 heavy (non-hydrogen) atoms. The van der Waals surface area contributed by atoms with Crippen molar-refractivity contribution in [3.63, 3.8) is 0 Å². The summed E-state index contributed by atoms with van der Waals surface area (Å²) in [7, 11) is -1.30. The standard InChI is InChI=1S/C30H33ClN6O2S.C25H28Cl2N6O2.C5H7BO2S.2CH4/c1-8-23(38)35-14-20(7)36(15-19(35)6)28-21-13-22(31)25(27-18(5)10-12-40-27)33-29(21)37(30(39)34-28)26-17(4)9-11-32-24(26)16(2)3;1-7-19(34)31-11-16(6)32(12-15(31)5)23-17-10-18(26)22(27)29-24(17)33(25(35)30-23)21-14(4)8-9-28-20(21)13(2)3;1-4-2-3-9-5(4)6(7)8;;/h8-13,16,19-20H,1,14-15H2,2-7H3;7-10,13,15-16H,1,11-12H2,2-6H3;2-3,7-8H,1H3;2*1H4/t19-,20+;15-,16+;;;/m11.../s1. The number of nitrogens with zero attached hydrogens (tertiary/aromatic N) is 12. The van der Waals surface area contributed by atoms with Crippen molar-refractivity contribution >= 4 is 115 Å². The molecule has 0 spiro atoms. The zero-order chi connectivity index (χ0) is 61.3. The average Bonchev–Trinajstić information content (AvgIpc) is 0.818. The van der Waals surface area contributed by atoms with Crippen molar-refractivity contribution in [1.82, 2.24) is 48.8 Å². The lowest BCUT2D eigenvalue weighted by molar-refractivity contribution is -0.129. The Kier molecular flexibility index (Phi) is 22.5. The highest BCUT2D eigenvalue weighted by Crippen LogP contribution is 2.39. The summed E-state index contributed by atoms with van der Waals surface area (Å²) in [5, 5.41) is 23.3. The second-order valence-corrected chi connectivity index (χ2v) is 24.9. The number of anilines is 2. The monoisotopic (exact) mass is 1260 g/mol. The minimum Gasteiger partial charge on any atom is -0.423 e. The van der Waals surface area contributed by atoms with Crippen molar-refractivity contribution < 1.29 is 19.6 Å². The lowest BCUT2D eigenvalue weighted by Gasteiger charge is -2.44. The first-order valence-corrected chi connectivity index (χ1v) is 30.4. The normalized spacial score (nSPS) is 16.7. The van der Waals surface area contributed by atoms with Crippen molar-refractivity contribution in [3.05, 3.63) is 155 Å². The van der Waals surface area contributed by atoms with E-state index in [4.69, 9.17) is 49.8 Å². The molecule has 0 unspecified atom stereocenters. The minimum absolute atomic E-state index is 0. The van der Waals surface area contributed by atoms with Gasteiger partial charge in [0.25, 0.3) is 0 Å². The molecule has 2 N–H and O–H groups in total. The fraction of sp³-hybridized carbons (Fsp3) is 0.387. The Morgan fingerprint density at radius 2 is 1.05 bits per heavy atom. The number of fused-ring (bicyclic) bond motifs is 2. The van der Waals surface area contributed by atoms with E-state index in [9.17, 15) is 19.2 Å². The third kappa shape index (κ3) is 13.6. The Bertz CT molecular complexity index is 3960. The number of hydrogen-bond donors (Lipinski definition) is 2. The second-order valence-electron chi connectivity index (χ2n) is 21.8. The number of piperazine rings is 2. The first-order chi connectivity index (χ1) is 39.8. The highest BCUT2D eigenvalue weighted by Gasteiger charge is 2.36. The Morgan fingerprint density at radius 1 is 0.616 bits per heavy atom. The van der Waals surface area contributed by atoms with E-state index in [0.29, 0.717) is 86.7 Å². The molecule has 2 aliphatic rings. The van der Waals surface area contributed by atoms with E-state index in [0.717, 1.165) is 38.5 Å². The van der Waals surface area contributed by atoms with E-state index >= 15 is 0 Å². The molecule has 0 radical (unpaired) electrons. The van der Waals surface area contributed by atoms with Crippen LogP contribution < -0.4 is 26.0 Å². The first-order valence-electron chi connectivity index (χ1n) is 27.5. The molecule has 2 amide bonds. The zero-order valence-corrected chi connectivity index (χ0v) is 53.0. The van der Waals surface area contributed by atoms with Crippen LogP contribution >= 0.6 is 57.5 Å². The summed E-state index contributed by atoms with van der Waals surface area (Å²) in [4.78, 5) is 89.0. The molecule has 0 aliphatic carbocycles. The lowest BCUT2D eigenvalue weighted by atomic mass is 9.87. The number of thiophene rings is 2. The SMILES string of the molecule is C.C.C=CC(=O)N1C[C@H](C)N(c2nc(=O)n(-c3c(C)ccnc3C(C)C)c3nc(-c4sccc4C)c(Cl)cc23)C[C@H]1C.C=CC(=O)N1C[C@H](C)N(c2nc(=O)n(-c3c(C)ccnc3C(C)C)c3nc(Cl)c(Cl)cc23)C[C@H]1C.Cc1ccsc1B(O)O. The summed E-state index contributed by atoms with van der Waals surface area (Å²) < 4.78 is 3.70. The van der Waals surface area contributed by atoms with Gasteiger partial charge in [-0.3, -0.25) is 19.6 Å². The van der Waals surface area contributed by atoms with Gasteiger partial charge in [0.05, 0.1) is 48.5 Å². The number of rotatable bonds is 10. The van der Waals surface area contributed by atoms with Gasteiger partial charge in [0.2, 0.25) is 11.8 Å². The number of amides is 2. The molecular formula is C62H76BCl3N12O6S2. The van der Waals surface area contributed by atoms with Crippen LogP contribution in [0, 0.1) is 27.7 Å². The van der Waals surface area contributed by atoms with Gasteiger partial charge in [-0.15, -0.1) is 11.3 Å². The predicted octanol–water partition coefficient (Wildman–Crippen LogP) is 11.4. The van der Waals surface area contributed by atoms with E-state index in [2.05, 4.69) is 56.8 Å². The molecule has 0 bridgehead atoms. The van der Waals surface area contributed by atoms with E-state index < -0.39 is 18.5 Å². The molecule has 18 nitrogen and oxygen atoms in total. The van der Waals surface area contributed by atoms with Gasteiger partial charge in [0.1, 0.15) is 22.5 Å².